The Kier molecular flexibility index (Phi) is 5.67. The van der Waals surface area contributed by atoms with Crippen LogP contribution in [0.1, 0.15) is 46.0 Å². The quantitative estimate of drug-likeness (QED) is 0.685. The van der Waals surface area contributed by atoms with Crippen molar-refractivity contribution >= 4 is 0 Å². The summed E-state index contributed by atoms with van der Waals surface area (Å²) >= 11 is 0. The van der Waals surface area contributed by atoms with Crippen molar-refractivity contribution in [2.45, 2.75) is 52.0 Å². The Bertz CT molecular complexity index is 259. The van der Waals surface area contributed by atoms with Gasteiger partial charge in [-0.2, -0.15) is 0 Å². The lowest BCUT2D eigenvalue weighted by Crippen LogP contribution is -2.48. The smallest absolute Gasteiger partial charge is 0.0472 e. The van der Waals surface area contributed by atoms with Crippen LogP contribution in [-0.4, -0.2) is 50.8 Å². The summed E-state index contributed by atoms with van der Waals surface area (Å²) in [5, 5.41) is 3.65. The highest BCUT2D eigenvalue weighted by molar-refractivity contribution is 4.91. The average Bonchev–Trinajstić information content (AvgIpc) is 3.23. The second-order valence-electron chi connectivity index (χ2n) is 6.78. The summed E-state index contributed by atoms with van der Waals surface area (Å²) in [7, 11) is 2.32. The number of nitrogens with zero attached hydrogens (tertiary/aromatic N) is 1. The molecule has 1 aliphatic heterocycles. The molecule has 2 fully saturated rings. The maximum Gasteiger partial charge on any atom is 0.0472 e. The van der Waals surface area contributed by atoms with E-state index in [9.17, 15) is 0 Å². The Morgan fingerprint density at radius 2 is 2.00 bits per heavy atom. The highest BCUT2D eigenvalue weighted by Crippen LogP contribution is 2.37. The summed E-state index contributed by atoms with van der Waals surface area (Å²) in [6.45, 7) is 10.1. The Balaban J connectivity index is 1.87. The summed E-state index contributed by atoms with van der Waals surface area (Å²) < 4.78 is 5.59. The Hall–Kier alpha value is -0.120. The molecular formula is C16H32N2O. The van der Waals surface area contributed by atoms with Crippen molar-refractivity contribution in [3.63, 3.8) is 0 Å². The van der Waals surface area contributed by atoms with Crippen LogP contribution in [0.4, 0.5) is 0 Å². The molecule has 1 atom stereocenters. The van der Waals surface area contributed by atoms with Gasteiger partial charge < -0.3 is 15.0 Å². The lowest BCUT2D eigenvalue weighted by atomic mass is 9.79. The third-order valence-electron chi connectivity index (χ3n) is 5.06. The summed E-state index contributed by atoms with van der Waals surface area (Å²) in [6, 6.07) is 0.755. The van der Waals surface area contributed by atoms with Gasteiger partial charge in [0.1, 0.15) is 0 Å². The second-order valence-corrected chi connectivity index (χ2v) is 6.78. The van der Waals surface area contributed by atoms with Crippen LogP contribution >= 0.6 is 0 Å². The minimum absolute atomic E-state index is 0.436. The second kappa shape index (κ2) is 7.05. The van der Waals surface area contributed by atoms with E-state index in [2.05, 4.69) is 31.1 Å². The van der Waals surface area contributed by atoms with Crippen LogP contribution in [0.2, 0.25) is 0 Å². The number of ether oxygens (including phenoxy) is 1. The van der Waals surface area contributed by atoms with E-state index in [-0.39, 0.29) is 0 Å². The van der Waals surface area contributed by atoms with Crippen molar-refractivity contribution in [3.8, 4) is 0 Å². The third kappa shape index (κ3) is 4.44. The molecule has 1 unspecified atom stereocenters. The molecule has 0 aromatic heterocycles. The van der Waals surface area contributed by atoms with Crippen LogP contribution in [0.5, 0.6) is 0 Å². The van der Waals surface area contributed by atoms with Crippen LogP contribution in [0.15, 0.2) is 0 Å². The molecule has 1 saturated carbocycles. The fourth-order valence-corrected chi connectivity index (χ4v) is 3.34. The van der Waals surface area contributed by atoms with Crippen LogP contribution < -0.4 is 5.32 Å². The number of hydrogen-bond acceptors (Lipinski definition) is 3. The highest BCUT2D eigenvalue weighted by Gasteiger charge is 2.37. The Labute approximate surface area is 119 Å². The van der Waals surface area contributed by atoms with Crippen LogP contribution in [0.3, 0.4) is 0 Å². The topological polar surface area (TPSA) is 24.5 Å². The first-order chi connectivity index (χ1) is 9.17. The molecule has 0 amide bonds. The molecule has 0 aromatic carbocycles. The predicted octanol–water partition coefficient (Wildman–Crippen LogP) is 2.51. The minimum atomic E-state index is 0.436. The number of hydrogen-bond donors (Lipinski definition) is 1. The van der Waals surface area contributed by atoms with E-state index < -0.39 is 0 Å². The molecule has 1 N–H and O–H groups in total. The van der Waals surface area contributed by atoms with Gasteiger partial charge in [-0.15, -0.1) is 0 Å². The summed E-state index contributed by atoms with van der Waals surface area (Å²) in [5.41, 5.74) is 0.436. The zero-order valence-electron chi connectivity index (χ0n) is 13.1. The molecule has 1 saturated heterocycles. The van der Waals surface area contributed by atoms with E-state index in [1.54, 1.807) is 0 Å². The molecule has 0 spiro atoms. The van der Waals surface area contributed by atoms with Crippen molar-refractivity contribution in [2.75, 3.05) is 39.9 Å². The van der Waals surface area contributed by atoms with E-state index in [0.29, 0.717) is 5.41 Å². The first-order valence-corrected chi connectivity index (χ1v) is 8.15. The van der Waals surface area contributed by atoms with Gasteiger partial charge in [0, 0.05) is 32.3 Å². The lowest BCUT2D eigenvalue weighted by molar-refractivity contribution is -0.00687. The van der Waals surface area contributed by atoms with Gasteiger partial charge in [-0.05, 0) is 64.0 Å². The molecule has 0 bridgehead atoms. The molecule has 1 aliphatic carbocycles. The summed E-state index contributed by atoms with van der Waals surface area (Å²) in [5.74, 6) is 0.963. The Morgan fingerprint density at radius 1 is 1.32 bits per heavy atom. The third-order valence-corrected chi connectivity index (χ3v) is 5.06. The SMILES string of the molecule is CCCNCC1(CN(C)C(C)C2CC2)CCOCC1. The fourth-order valence-electron chi connectivity index (χ4n) is 3.34. The predicted molar refractivity (Wildman–Crippen MR) is 80.5 cm³/mol. The molecule has 3 nitrogen and oxygen atoms in total. The number of rotatable bonds is 8. The number of nitrogens with one attached hydrogen (secondary N) is 1. The van der Waals surface area contributed by atoms with Gasteiger partial charge in [0.25, 0.3) is 0 Å². The van der Waals surface area contributed by atoms with Gasteiger partial charge in [-0.3, -0.25) is 0 Å². The van der Waals surface area contributed by atoms with E-state index in [1.807, 2.05) is 0 Å². The van der Waals surface area contributed by atoms with Gasteiger partial charge in [-0.1, -0.05) is 6.92 Å². The van der Waals surface area contributed by atoms with E-state index in [1.165, 1.54) is 38.6 Å². The van der Waals surface area contributed by atoms with Gasteiger partial charge >= 0.3 is 0 Å². The average molecular weight is 268 g/mol. The largest absolute Gasteiger partial charge is 0.381 e. The highest BCUT2D eigenvalue weighted by atomic mass is 16.5. The van der Waals surface area contributed by atoms with Crippen molar-refractivity contribution < 1.29 is 4.74 Å². The zero-order chi connectivity index (χ0) is 13.7. The van der Waals surface area contributed by atoms with Crippen LogP contribution in [-0.2, 0) is 4.74 Å². The van der Waals surface area contributed by atoms with Gasteiger partial charge in [-0.25, -0.2) is 0 Å². The van der Waals surface area contributed by atoms with Crippen molar-refractivity contribution in [3.05, 3.63) is 0 Å². The molecular weight excluding hydrogens is 236 g/mol. The van der Waals surface area contributed by atoms with Crippen molar-refractivity contribution in [1.29, 1.82) is 0 Å². The molecule has 2 aliphatic rings. The molecule has 0 radical (unpaired) electrons. The maximum atomic E-state index is 5.59. The maximum absolute atomic E-state index is 5.59. The van der Waals surface area contributed by atoms with Gasteiger partial charge in [0.2, 0.25) is 0 Å². The monoisotopic (exact) mass is 268 g/mol. The van der Waals surface area contributed by atoms with E-state index in [4.69, 9.17) is 4.74 Å². The van der Waals surface area contributed by atoms with Gasteiger partial charge in [0.05, 0.1) is 0 Å². The van der Waals surface area contributed by atoms with Crippen molar-refractivity contribution in [1.82, 2.24) is 10.2 Å². The molecule has 3 heteroatoms. The van der Waals surface area contributed by atoms with Crippen molar-refractivity contribution in [2.24, 2.45) is 11.3 Å². The van der Waals surface area contributed by atoms with Gasteiger partial charge in [0.15, 0.2) is 0 Å². The summed E-state index contributed by atoms with van der Waals surface area (Å²) in [4.78, 5) is 2.61. The lowest BCUT2D eigenvalue weighted by Gasteiger charge is -2.42. The van der Waals surface area contributed by atoms with E-state index in [0.717, 1.165) is 38.3 Å². The molecule has 112 valence electrons. The minimum Gasteiger partial charge on any atom is -0.381 e. The standard InChI is InChI=1S/C16H32N2O/c1-4-9-17-12-16(7-10-19-11-8-16)13-18(3)14(2)15-5-6-15/h14-15,17H,4-13H2,1-3H3. The fraction of sp³-hybridized carbons (Fsp3) is 1.00. The van der Waals surface area contributed by atoms with Crippen LogP contribution in [0.25, 0.3) is 0 Å². The Morgan fingerprint density at radius 3 is 2.58 bits per heavy atom. The zero-order valence-corrected chi connectivity index (χ0v) is 13.1. The first-order valence-electron chi connectivity index (χ1n) is 8.15. The molecule has 0 aromatic rings. The molecule has 2 rings (SSSR count). The molecule has 19 heavy (non-hydrogen) atoms. The molecule has 1 heterocycles. The van der Waals surface area contributed by atoms with Crippen LogP contribution in [0, 0.1) is 11.3 Å². The van der Waals surface area contributed by atoms with E-state index >= 15 is 0 Å². The normalized spacial score (nSPS) is 24.6. The first kappa shape index (κ1) is 15.3. The summed E-state index contributed by atoms with van der Waals surface area (Å²) in [6.07, 6.45) is 6.53.